The Morgan fingerprint density at radius 3 is 2.81 bits per heavy atom. The Morgan fingerprint density at radius 2 is 2.04 bits per heavy atom. The Labute approximate surface area is 155 Å². The highest BCUT2D eigenvalue weighted by atomic mass is 32.1. The molecular weight excluding hydrogens is 346 g/mol. The summed E-state index contributed by atoms with van der Waals surface area (Å²) in [7, 11) is 4.06. The maximum absolute atomic E-state index is 4.73. The lowest BCUT2D eigenvalue weighted by atomic mass is 10.1. The van der Waals surface area contributed by atoms with E-state index in [2.05, 4.69) is 57.3 Å². The van der Waals surface area contributed by atoms with Gasteiger partial charge in [0.2, 0.25) is 10.8 Å². The molecule has 0 saturated heterocycles. The van der Waals surface area contributed by atoms with Crippen LogP contribution in [0.25, 0.3) is 27.1 Å². The molecule has 0 aliphatic heterocycles. The molecule has 0 amide bonds. The molecule has 1 aromatic carbocycles. The lowest BCUT2D eigenvalue weighted by Gasteiger charge is -2.12. The van der Waals surface area contributed by atoms with E-state index in [1.54, 1.807) is 4.52 Å². The Hall–Kier alpha value is -2.74. The number of fused-ring (bicyclic) bond motifs is 1. The topological polar surface area (TPSA) is 75.0 Å². The minimum Gasteiger partial charge on any atom is -0.378 e. The highest BCUT2D eigenvalue weighted by Gasteiger charge is 2.17. The molecule has 26 heavy (non-hydrogen) atoms. The first-order valence-electron chi connectivity index (χ1n) is 8.56. The van der Waals surface area contributed by atoms with E-state index in [1.165, 1.54) is 11.3 Å². The van der Waals surface area contributed by atoms with Gasteiger partial charge in [-0.15, -0.1) is 10.2 Å². The van der Waals surface area contributed by atoms with Gasteiger partial charge in [0.1, 0.15) is 10.7 Å². The van der Waals surface area contributed by atoms with Crippen LogP contribution in [0.15, 0.2) is 30.3 Å². The predicted molar refractivity (Wildman–Crippen MR) is 105 cm³/mol. The molecule has 0 radical (unpaired) electrons. The van der Waals surface area contributed by atoms with Crippen LogP contribution >= 0.6 is 11.3 Å². The summed E-state index contributed by atoms with van der Waals surface area (Å²) in [6.45, 7) is 4.37. The number of rotatable bonds is 5. The van der Waals surface area contributed by atoms with Crippen LogP contribution < -0.4 is 4.90 Å². The maximum atomic E-state index is 4.73. The molecule has 134 valence electrons. The molecule has 0 atom stereocenters. The molecule has 0 aliphatic rings. The van der Waals surface area contributed by atoms with Gasteiger partial charge in [0.15, 0.2) is 0 Å². The van der Waals surface area contributed by atoms with Crippen molar-refractivity contribution in [1.82, 2.24) is 30.0 Å². The lowest BCUT2D eigenvalue weighted by molar-refractivity contribution is 0.633. The van der Waals surface area contributed by atoms with Crippen molar-refractivity contribution >= 4 is 22.0 Å². The zero-order valence-electron chi connectivity index (χ0n) is 15.3. The summed E-state index contributed by atoms with van der Waals surface area (Å²) < 4.78 is 1.78. The zero-order chi connectivity index (χ0) is 18.3. The van der Waals surface area contributed by atoms with Crippen molar-refractivity contribution in [1.29, 1.82) is 0 Å². The van der Waals surface area contributed by atoms with Crippen LogP contribution in [-0.2, 0) is 6.42 Å². The van der Waals surface area contributed by atoms with Gasteiger partial charge < -0.3 is 4.90 Å². The summed E-state index contributed by atoms with van der Waals surface area (Å²) in [4.78, 5) is 2.84. The third-order valence-electron chi connectivity index (χ3n) is 4.09. The van der Waals surface area contributed by atoms with E-state index < -0.39 is 0 Å². The summed E-state index contributed by atoms with van der Waals surface area (Å²) in [6.07, 6.45) is 0.953. The van der Waals surface area contributed by atoms with Gasteiger partial charge in [-0.25, -0.2) is 0 Å². The Balaban J connectivity index is 1.71. The molecule has 7 nitrogen and oxygen atoms in total. The minimum absolute atomic E-state index is 0.566. The van der Waals surface area contributed by atoms with Crippen LogP contribution in [0.2, 0.25) is 0 Å². The number of hydrogen-bond donors (Lipinski definition) is 1. The van der Waals surface area contributed by atoms with Crippen molar-refractivity contribution in [3.8, 4) is 22.1 Å². The standard InChI is InChI=1S/C18H21N7S/c1-11(2)8-13-10-15(20-19-13)16-21-22-18-25(16)23-17(26-18)12-6-5-7-14(9-12)24(3)4/h5-7,9-11H,8H2,1-4H3,(H,19,20). The second kappa shape index (κ2) is 6.53. The molecule has 4 aromatic rings. The number of H-pyrrole nitrogens is 1. The highest BCUT2D eigenvalue weighted by molar-refractivity contribution is 7.19. The average Bonchev–Trinajstić information content (AvgIpc) is 3.29. The largest absolute Gasteiger partial charge is 0.378 e. The zero-order valence-corrected chi connectivity index (χ0v) is 16.1. The average molecular weight is 367 g/mol. The van der Waals surface area contributed by atoms with Crippen LogP contribution in [0.3, 0.4) is 0 Å². The summed E-state index contributed by atoms with van der Waals surface area (Å²) >= 11 is 1.53. The predicted octanol–water partition coefficient (Wildman–Crippen LogP) is 3.51. The number of anilines is 1. The van der Waals surface area contributed by atoms with Crippen molar-refractivity contribution in [3.05, 3.63) is 36.0 Å². The van der Waals surface area contributed by atoms with E-state index in [0.29, 0.717) is 11.7 Å². The Kier molecular flexibility index (Phi) is 4.20. The molecule has 0 bridgehead atoms. The summed E-state index contributed by atoms with van der Waals surface area (Å²) in [6, 6.07) is 10.3. The number of benzene rings is 1. The molecular formula is C18H21N7S. The van der Waals surface area contributed by atoms with Crippen LogP contribution in [-0.4, -0.2) is 44.1 Å². The third kappa shape index (κ3) is 3.08. The van der Waals surface area contributed by atoms with Gasteiger partial charge in [-0.2, -0.15) is 14.7 Å². The van der Waals surface area contributed by atoms with E-state index in [9.17, 15) is 0 Å². The molecule has 1 N–H and O–H groups in total. The number of hydrogen-bond acceptors (Lipinski definition) is 6. The summed E-state index contributed by atoms with van der Waals surface area (Å²) in [5.74, 6) is 1.23. The molecule has 0 spiro atoms. The fourth-order valence-electron chi connectivity index (χ4n) is 2.83. The van der Waals surface area contributed by atoms with E-state index >= 15 is 0 Å². The van der Waals surface area contributed by atoms with Crippen molar-refractivity contribution in [3.63, 3.8) is 0 Å². The summed E-state index contributed by atoms with van der Waals surface area (Å²) in [5.41, 5.74) is 4.08. The van der Waals surface area contributed by atoms with Crippen LogP contribution in [0.4, 0.5) is 5.69 Å². The smallest absolute Gasteiger partial charge is 0.235 e. The number of nitrogens with zero attached hydrogens (tertiary/aromatic N) is 6. The minimum atomic E-state index is 0.566. The molecule has 3 aromatic heterocycles. The second-order valence-corrected chi connectivity index (χ2v) is 7.90. The van der Waals surface area contributed by atoms with Gasteiger partial charge in [-0.1, -0.05) is 37.3 Å². The summed E-state index contributed by atoms with van der Waals surface area (Å²) in [5, 5.41) is 21.7. The van der Waals surface area contributed by atoms with E-state index in [1.807, 2.05) is 26.2 Å². The van der Waals surface area contributed by atoms with Crippen LogP contribution in [0.5, 0.6) is 0 Å². The lowest BCUT2D eigenvalue weighted by Crippen LogP contribution is -2.08. The van der Waals surface area contributed by atoms with Crippen LogP contribution in [0, 0.1) is 5.92 Å². The van der Waals surface area contributed by atoms with E-state index in [-0.39, 0.29) is 0 Å². The van der Waals surface area contributed by atoms with Crippen molar-refractivity contribution in [2.24, 2.45) is 5.92 Å². The molecule has 0 unspecified atom stereocenters. The second-order valence-electron chi connectivity index (χ2n) is 6.95. The first kappa shape index (κ1) is 16.7. The Bertz CT molecular complexity index is 1040. The maximum Gasteiger partial charge on any atom is 0.235 e. The van der Waals surface area contributed by atoms with Gasteiger partial charge in [0.05, 0.1) is 0 Å². The molecule has 0 fully saturated rings. The molecule has 3 heterocycles. The number of aromatic amines is 1. The molecule has 0 aliphatic carbocycles. The number of aromatic nitrogens is 6. The monoisotopic (exact) mass is 367 g/mol. The SMILES string of the molecule is CC(C)Cc1cc(-c2nnc3sc(-c4cccc(N(C)C)c4)nn23)n[nH]1. The van der Waals surface area contributed by atoms with Crippen molar-refractivity contribution < 1.29 is 0 Å². The first-order valence-corrected chi connectivity index (χ1v) is 9.37. The fourth-order valence-corrected chi connectivity index (χ4v) is 3.67. The molecule has 4 rings (SSSR count). The third-order valence-corrected chi connectivity index (χ3v) is 5.04. The van der Waals surface area contributed by atoms with Crippen LogP contribution in [0.1, 0.15) is 19.5 Å². The quantitative estimate of drug-likeness (QED) is 0.584. The van der Waals surface area contributed by atoms with Crippen molar-refractivity contribution in [2.45, 2.75) is 20.3 Å². The van der Waals surface area contributed by atoms with Gasteiger partial charge in [-0.3, -0.25) is 5.10 Å². The van der Waals surface area contributed by atoms with Crippen molar-refractivity contribution in [2.75, 3.05) is 19.0 Å². The fraction of sp³-hybridized carbons (Fsp3) is 0.333. The molecule has 8 heteroatoms. The first-order chi connectivity index (χ1) is 12.5. The van der Waals surface area contributed by atoms with Gasteiger partial charge >= 0.3 is 0 Å². The highest BCUT2D eigenvalue weighted by Crippen LogP contribution is 2.29. The normalized spacial score (nSPS) is 11.6. The Morgan fingerprint density at radius 1 is 1.19 bits per heavy atom. The van der Waals surface area contributed by atoms with Gasteiger partial charge in [0.25, 0.3) is 0 Å². The molecule has 0 saturated carbocycles. The van der Waals surface area contributed by atoms with E-state index in [4.69, 9.17) is 5.10 Å². The van der Waals surface area contributed by atoms with E-state index in [0.717, 1.165) is 39.0 Å². The number of nitrogens with one attached hydrogen (secondary N) is 1. The van der Waals surface area contributed by atoms with Gasteiger partial charge in [-0.05, 0) is 30.5 Å². The van der Waals surface area contributed by atoms with Gasteiger partial charge in [0, 0.05) is 31.0 Å².